The van der Waals surface area contributed by atoms with Crippen LogP contribution in [-0.2, 0) is 6.42 Å². The highest BCUT2D eigenvalue weighted by Gasteiger charge is 2.12. The van der Waals surface area contributed by atoms with E-state index in [2.05, 4.69) is 9.97 Å². The number of fused-ring (bicyclic) bond motifs is 1. The largest absolute Gasteiger partial charge is 0.295 e. The quantitative estimate of drug-likeness (QED) is 0.743. The summed E-state index contributed by atoms with van der Waals surface area (Å²) in [5, 5.41) is 0.711. The van der Waals surface area contributed by atoms with Gasteiger partial charge in [-0.3, -0.25) is 14.3 Å². The van der Waals surface area contributed by atoms with Crippen molar-refractivity contribution in [2.45, 2.75) is 26.3 Å². The van der Waals surface area contributed by atoms with E-state index in [0.717, 1.165) is 21.8 Å². The number of pyridine rings is 1. The number of nitrogens with zero attached hydrogens (tertiary/aromatic N) is 3. The summed E-state index contributed by atoms with van der Waals surface area (Å²) in [7, 11) is 0. The number of thiophene rings is 1. The molecule has 102 valence electrons. The zero-order chi connectivity index (χ0) is 14.1. The molecular weight excluding hydrogens is 270 g/mol. The summed E-state index contributed by atoms with van der Waals surface area (Å²) in [6, 6.07) is 7.78. The lowest BCUT2D eigenvalue weighted by Gasteiger charge is -2.14. The Morgan fingerprint density at radius 2 is 2.20 bits per heavy atom. The van der Waals surface area contributed by atoms with Gasteiger partial charge in [-0.2, -0.15) is 0 Å². The molecule has 3 heterocycles. The fourth-order valence-corrected chi connectivity index (χ4v) is 3.13. The number of rotatable bonds is 3. The van der Waals surface area contributed by atoms with Crippen molar-refractivity contribution in [3.05, 3.63) is 57.7 Å². The molecule has 0 aliphatic carbocycles. The van der Waals surface area contributed by atoms with Crippen LogP contribution in [-0.4, -0.2) is 14.5 Å². The first-order valence-electron chi connectivity index (χ1n) is 6.52. The molecule has 3 aromatic rings. The normalized spacial score (nSPS) is 12.7. The highest BCUT2D eigenvalue weighted by atomic mass is 32.1. The first kappa shape index (κ1) is 13.0. The van der Waals surface area contributed by atoms with E-state index < -0.39 is 0 Å². The molecule has 3 rings (SSSR count). The number of hydrogen-bond donors (Lipinski definition) is 0. The van der Waals surface area contributed by atoms with E-state index in [0.29, 0.717) is 5.39 Å². The molecule has 4 nitrogen and oxygen atoms in total. The molecule has 0 bridgehead atoms. The van der Waals surface area contributed by atoms with Crippen LogP contribution in [0.2, 0.25) is 0 Å². The molecule has 1 unspecified atom stereocenters. The van der Waals surface area contributed by atoms with E-state index in [4.69, 9.17) is 0 Å². The van der Waals surface area contributed by atoms with Crippen molar-refractivity contribution in [1.29, 1.82) is 0 Å². The number of aryl methyl sites for hydroxylation is 1. The summed E-state index contributed by atoms with van der Waals surface area (Å²) >= 11 is 1.55. The Morgan fingerprint density at radius 1 is 1.35 bits per heavy atom. The summed E-state index contributed by atoms with van der Waals surface area (Å²) in [6.45, 7) is 4.01. The minimum Gasteiger partial charge on any atom is -0.295 e. The average molecular weight is 285 g/mol. The highest BCUT2D eigenvalue weighted by Crippen LogP contribution is 2.20. The van der Waals surface area contributed by atoms with Gasteiger partial charge in [0.05, 0.1) is 11.7 Å². The maximum Gasteiger partial charge on any atom is 0.262 e. The van der Waals surface area contributed by atoms with Gasteiger partial charge in [0.25, 0.3) is 5.56 Å². The molecule has 0 saturated heterocycles. The third kappa shape index (κ3) is 2.36. The molecule has 0 aromatic carbocycles. The molecule has 0 spiro atoms. The van der Waals surface area contributed by atoms with Crippen LogP contribution >= 0.6 is 11.3 Å². The van der Waals surface area contributed by atoms with E-state index in [-0.39, 0.29) is 11.6 Å². The van der Waals surface area contributed by atoms with Crippen molar-refractivity contribution in [3.8, 4) is 0 Å². The SMILES string of the molecule is Cc1cc2c(=O)n(C(C)Cc3ccccn3)cnc2s1. The second-order valence-corrected chi connectivity index (χ2v) is 6.14. The number of hydrogen-bond acceptors (Lipinski definition) is 4. The summed E-state index contributed by atoms with van der Waals surface area (Å²) in [4.78, 5) is 23.1. The molecular formula is C15H15N3OS. The van der Waals surface area contributed by atoms with E-state index in [9.17, 15) is 4.79 Å². The van der Waals surface area contributed by atoms with Crippen molar-refractivity contribution in [3.63, 3.8) is 0 Å². The van der Waals surface area contributed by atoms with Gasteiger partial charge in [0.1, 0.15) is 4.83 Å². The molecule has 0 saturated carbocycles. The van der Waals surface area contributed by atoms with Crippen LogP contribution in [0.4, 0.5) is 0 Å². The smallest absolute Gasteiger partial charge is 0.262 e. The molecule has 0 radical (unpaired) electrons. The third-order valence-corrected chi connectivity index (χ3v) is 4.26. The standard InChI is InChI=1S/C15H15N3OS/c1-10(7-12-5-3-4-6-16-12)18-9-17-14-13(15(18)19)8-11(2)20-14/h3-6,8-10H,7H2,1-2H3. The first-order valence-corrected chi connectivity index (χ1v) is 7.34. The lowest BCUT2D eigenvalue weighted by molar-refractivity contribution is 0.518. The van der Waals surface area contributed by atoms with Gasteiger partial charge in [0.15, 0.2) is 0 Å². The summed E-state index contributed by atoms with van der Waals surface area (Å²) in [5.41, 5.74) is 1.01. The Labute approximate surface area is 120 Å². The average Bonchev–Trinajstić information content (AvgIpc) is 2.82. The van der Waals surface area contributed by atoms with Crippen LogP contribution < -0.4 is 5.56 Å². The summed E-state index contributed by atoms with van der Waals surface area (Å²) in [5.74, 6) is 0. The van der Waals surface area contributed by atoms with Crippen LogP contribution in [0.15, 0.2) is 41.6 Å². The molecule has 0 aliphatic heterocycles. The molecule has 20 heavy (non-hydrogen) atoms. The zero-order valence-electron chi connectivity index (χ0n) is 11.4. The summed E-state index contributed by atoms with van der Waals surface area (Å²) in [6.07, 6.45) is 4.14. The van der Waals surface area contributed by atoms with E-state index >= 15 is 0 Å². The molecule has 0 fully saturated rings. The first-order chi connectivity index (χ1) is 9.65. The van der Waals surface area contributed by atoms with Crippen LogP contribution in [0.25, 0.3) is 10.2 Å². The minimum absolute atomic E-state index is 0.0304. The molecule has 3 aromatic heterocycles. The van der Waals surface area contributed by atoms with Crippen molar-refractivity contribution in [2.75, 3.05) is 0 Å². The highest BCUT2D eigenvalue weighted by molar-refractivity contribution is 7.18. The maximum absolute atomic E-state index is 12.5. The molecule has 0 aliphatic rings. The van der Waals surface area contributed by atoms with Crippen molar-refractivity contribution >= 4 is 21.6 Å². The van der Waals surface area contributed by atoms with Crippen LogP contribution in [0.3, 0.4) is 0 Å². The predicted molar refractivity (Wildman–Crippen MR) is 81.3 cm³/mol. The van der Waals surface area contributed by atoms with Crippen molar-refractivity contribution < 1.29 is 0 Å². The Bertz CT molecular complexity index is 792. The van der Waals surface area contributed by atoms with Crippen molar-refractivity contribution in [1.82, 2.24) is 14.5 Å². The van der Waals surface area contributed by atoms with Gasteiger partial charge in [0.2, 0.25) is 0 Å². The Kier molecular flexibility index (Phi) is 3.36. The van der Waals surface area contributed by atoms with Gasteiger partial charge in [0, 0.05) is 29.2 Å². The lowest BCUT2D eigenvalue weighted by Crippen LogP contribution is -2.24. The zero-order valence-corrected chi connectivity index (χ0v) is 12.2. The molecule has 0 amide bonds. The fourth-order valence-electron chi connectivity index (χ4n) is 2.29. The Morgan fingerprint density at radius 3 is 2.95 bits per heavy atom. The van der Waals surface area contributed by atoms with Gasteiger partial charge in [-0.15, -0.1) is 11.3 Å². The topological polar surface area (TPSA) is 47.8 Å². The van der Waals surface area contributed by atoms with Gasteiger partial charge in [-0.05, 0) is 32.0 Å². The number of aromatic nitrogens is 3. The monoisotopic (exact) mass is 285 g/mol. The second kappa shape index (κ2) is 5.17. The molecule has 1 atom stereocenters. The van der Waals surface area contributed by atoms with Crippen LogP contribution in [0, 0.1) is 6.92 Å². The van der Waals surface area contributed by atoms with Gasteiger partial charge in [-0.25, -0.2) is 4.98 Å². The second-order valence-electron chi connectivity index (χ2n) is 4.91. The van der Waals surface area contributed by atoms with Gasteiger partial charge < -0.3 is 0 Å². The fraction of sp³-hybridized carbons (Fsp3) is 0.267. The Hall–Kier alpha value is -2.01. The predicted octanol–water partition coefficient (Wildman–Crippen LogP) is 2.97. The van der Waals surface area contributed by atoms with E-state index in [1.165, 1.54) is 0 Å². The van der Waals surface area contributed by atoms with Gasteiger partial charge >= 0.3 is 0 Å². The summed E-state index contributed by atoms with van der Waals surface area (Å²) < 4.78 is 1.70. The van der Waals surface area contributed by atoms with Crippen LogP contribution in [0.5, 0.6) is 0 Å². The third-order valence-electron chi connectivity index (χ3n) is 3.31. The maximum atomic E-state index is 12.5. The van der Waals surface area contributed by atoms with Gasteiger partial charge in [-0.1, -0.05) is 6.07 Å². The van der Waals surface area contributed by atoms with Crippen molar-refractivity contribution in [2.24, 2.45) is 0 Å². The molecule has 0 N–H and O–H groups in total. The Balaban J connectivity index is 1.97. The molecule has 5 heteroatoms. The lowest BCUT2D eigenvalue weighted by atomic mass is 10.1. The van der Waals surface area contributed by atoms with E-state index in [1.807, 2.05) is 38.1 Å². The minimum atomic E-state index is 0.0304. The van der Waals surface area contributed by atoms with Crippen LogP contribution in [0.1, 0.15) is 23.5 Å². The van der Waals surface area contributed by atoms with E-state index in [1.54, 1.807) is 28.4 Å².